The van der Waals surface area contributed by atoms with E-state index in [0.717, 1.165) is 37.9 Å². The first-order valence-electron chi connectivity index (χ1n) is 14.6. The second-order valence-electron chi connectivity index (χ2n) is 12.5. The fraction of sp³-hybridized carbons (Fsp3) is 0.533. The number of halogens is 3. The Bertz CT molecular complexity index is 1670. The number of aromatic nitrogens is 5. The van der Waals surface area contributed by atoms with Crippen LogP contribution in [0.4, 0.5) is 14.6 Å². The molecular formula is C30H32ClF2N7O. The fourth-order valence-electron chi connectivity index (χ4n) is 8.00. The minimum absolute atomic E-state index is 0.126. The normalized spacial score (nSPS) is 27.8. The molecule has 4 aromatic rings. The van der Waals surface area contributed by atoms with Gasteiger partial charge < -0.3 is 9.64 Å². The lowest BCUT2D eigenvalue weighted by molar-refractivity contribution is 0.107. The highest BCUT2D eigenvalue weighted by Crippen LogP contribution is 2.43. The van der Waals surface area contributed by atoms with Gasteiger partial charge in [0.1, 0.15) is 29.8 Å². The molecule has 1 saturated carbocycles. The highest BCUT2D eigenvalue weighted by atomic mass is 35.5. The van der Waals surface area contributed by atoms with Gasteiger partial charge in [0, 0.05) is 48.2 Å². The van der Waals surface area contributed by atoms with E-state index in [2.05, 4.69) is 30.0 Å². The average molecular weight is 580 g/mol. The van der Waals surface area contributed by atoms with Gasteiger partial charge in [0.05, 0.1) is 22.6 Å². The second-order valence-corrected chi connectivity index (χ2v) is 12.9. The number of nitrogens with zero attached hydrogens (tertiary/aromatic N) is 6. The molecule has 11 heteroatoms. The molecule has 4 atom stereocenters. The number of hydrogen-bond donors (Lipinski definition) is 1. The molecule has 1 aliphatic carbocycles. The quantitative estimate of drug-likeness (QED) is 0.317. The highest BCUT2D eigenvalue weighted by Gasteiger charge is 2.49. The van der Waals surface area contributed by atoms with Crippen molar-refractivity contribution in [2.45, 2.75) is 57.2 Å². The second kappa shape index (κ2) is 9.46. The third-order valence-electron chi connectivity index (χ3n) is 9.96. The summed E-state index contributed by atoms with van der Waals surface area (Å²) in [4.78, 5) is 18.6. The Morgan fingerprint density at radius 2 is 1.98 bits per heavy atom. The Morgan fingerprint density at radius 3 is 2.80 bits per heavy atom. The van der Waals surface area contributed by atoms with Crippen LogP contribution < -0.4 is 9.64 Å². The van der Waals surface area contributed by atoms with Crippen molar-refractivity contribution in [3.8, 4) is 17.3 Å². The number of benzene rings is 1. The molecule has 8 nitrogen and oxygen atoms in total. The summed E-state index contributed by atoms with van der Waals surface area (Å²) in [5, 5.41) is 8.87. The molecule has 4 fully saturated rings. The first kappa shape index (κ1) is 25.6. The van der Waals surface area contributed by atoms with Crippen LogP contribution in [0.2, 0.25) is 5.02 Å². The largest absolute Gasteiger partial charge is 0.461 e. The van der Waals surface area contributed by atoms with E-state index in [1.165, 1.54) is 19.3 Å². The van der Waals surface area contributed by atoms with E-state index in [0.29, 0.717) is 57.7 Å². The zero-order chi connectivity index (χ0) is 27.9. The van der Waals surface area contributed by atoms with Gasteiger partial charge in [0.15, 0.2) is 5.82 Å². The number of hydrogen-bond acceptors (Lipinski definition) is 7. The van der Waals surface area contributed by atoms with Crippen LogP contribution in [0, 0.1) is 24.6 Å². The van der Waals surface area contributed by atoms with Gasteiger partial charge in [0.25, 0.3) is 0 Å². The molecule has 3 saturated heterocycles. The first-order valence-corrected chi connectivity index (χ1v) is 15.0. The maximum Gasteiger partial charge on any atom is 0.319 e. The monoisotopic (exact) mass is 579 g/mol. The van der Waals surface area contributed by atoms with Crippen molar-refractivity contribution in [2.24, 2.45) is 11.8 Å². The van der Waals surface area contributed by atoms with Crippen molar-refractivity contribution in [3.05, 3.63) is 34.9 Å². The Morgan fingerprint density at radius 1 is 1.15 bits per heavy atom. The van der Waals surface area contributed by atoms with E-state index >= 15 is 4.39 Å². The lowest BCUT2D eigenvalue weighted by Gasteiger charge is -2.34. The fourth-order valence-corrected chi connectivity index (χ4v) is 8.20. The number of piperidine rings is 1. The average Bonchev–Trinajstić information content (AvgIpc) is 3.72. The Balaban J connectivity index is 1.25. The standard InChI is InChI=1S/C30H32ClF2N7O/c1-16-22(31)8-23-20(11-35-38-23)24(16)27-25(33)26-21(10-34-27)28(39-12-17-3-4-18(7-17)13-39)37-29(36-26)41-15-30-5-2-6-40(30)14-19(32)9-30/h8,10-11,17-19H,2-7,9,12-15H2,1H3,(H,35,38)/t17?,18?,19-,30+/m1/s1. The molecule has 1 aromatic carbocycles. The number of nitrogens with one attached hydrogen (secondary N) is 1. The molecule has 4 aliphatic rings. The first-order chi connectivity index (χ1) is 19.9. The Labute approximate surface area is 241 Å². The van der Waals surface area contributed by atoms with Gasteiger partial charge >= 0.3 is 6.01 Å². The summed E-state index contributed by atoms with van der Waals surface area (Å²) in [7, 11) is 0. The van der Waals surface area contributed by atoms with Crippen LogP contribution in [0.25, 0.3) is 33.1 Å². The van der Waals surface area contributed by atoms with Gasteiger partial charge in [-0.1, -0.05) is 11.6 Å². The van der Waals surface area contributed by atoms with E-state index in [-0.39, 0.29) is 29.4 Å². The van der Waals surface area contributed by atoms with Crippen molar-refractivity contribution in [1.82, 2.24) is 30.0 Å². The minimum atomic E-state index is -0.859. The van der Waals surface area contributed by atoms with Gasteiger partial charge in [-0.2, -0.15) is 15.1 Å². The van der Waals surface area contributed by atoms with Crippen molar-refractivity contribution in [3.63, 3.8) is 0 Å². The van der Waals surface area contributed by atoms with Gasteiger partial charge in [-0.25, -0.2) is 8.78 Å². The van der Waals surface area contributed by atoms with Crippen LogP contribution in [-0.4, -0.2) is 74.5 Å². The van der Waals surface area contributed by atoms with E-state index in [4.69, 9.17) is 21.3 Å². The van der Waals surface area contributed by atoms with Crippen molar-refractivity contribution in [2.75, 3.05) is 37.7 Å². The van der Waals surface area contributed by atoms with E-state index in [9.17, 15) is 4.39 Å². The number of H-pyrrole nitrogens is 1. The van der Waals surface area contributed by atoms with Crippen LogP contribution in [0.5, 0.6) is 6.01 Å². The molecule has 6 heterocycles. The molecule has 0 radical (unpaired) electrons. The lowest BCUT2D eigenvalue weighted by Crippen LogP contribution is -2.43. The molecule has 3 aromatic heterocycles. The lowest BCUT2D eigenvalue weighted by atomic mass is 9.95. The summed E-state index contributed by atoms with van der Waals surface area (Å²) in [5.41, 5.74) is 1.98. The van der Waals surface area contributed by atoms with Crippen LogP contribution in [0.3, 0.4) is 0 Å². The molecule has 3 aliphatic heterocycles. The van der Waals surface area contributed by atoms with Crippen LogP contribution >= 0.6 is 11.6 Å². The molecule has 2 unspecified atom stereocenters. The molecule has 0 amide bonds. The van der Waals surface area contributed by atoms with Crippen molar-refractivity contribution < 1.29 is 13.5 Å². The van der Waals surface area contributed by atoms with Crippen molar-refractivity contribution in [1.29, 1.82) is 0 Å². The molecule has 214 valence electrons. The van der Waals surface area contributed by atoms with Crippen molar-refractivity contribution >= 4 is 39.2 Å². The number of rotatable bonds is 5. The van der Waals surface area contributed by atoms with Gasteiger partial charge in [-0.05, 0) is 69.0 Å². The predicted octanol–water partition coefficient (Wildman–Crippen LogP) is 5.86. The van der Waals surface area contributed by atoms with E-state index < -0.39 is 12.0 Å². The highest BCUT2D eigenvalue weighted by molar-refractivity contribution is 6.32. The smallest absolute Gasteiger partial charge is 0.319 e. The van der Waals surface area contributed by atoms with Crippen LogP contribution in [-0.2, 0) is 0 Å². The summed E-state index contributed by atoms with van der Waals surface area (Å²) in [6, 6.07) is 1.91. The molecule has 8 rings (SSSR count). The van der Waals surface area contributed by atoms with Crippen LogP contribution in [0.1, 0.15) is 44.1 Å². The summed E-state index contributed by atoms with van der Waals surface area (Å²) in [6.45, 7) is 5.19. The molecule has 1 N–H and O–H groups in total. The summed E-state index contributed by atoms with van der Waals surface area (Å²) in [6.07, 6.45) is 8.47. The zero-order valence-electron chi connectivity index (χ0n) is 23.0. The maximum atomic E-state index is 16.6. The van der Waals surface area contributed by atoms with Crippen LogP contribution in [0.15, 0.2) is 18.5 Å². The minimum Gasteiger partial charge on any atom is -0.461 e. The third kappa shape index (κ3) is 4.08. The third-order valence-corrected chi connectivity index (χ3v) is 10.4. The Hall–Kier alpha value is -3.11. The van der Waals surface area contributed by atoms with Gasteiger partial charge in [-0.3, -0.25) is 15.0 Å². The number of ether oxygens (including phenoxy) is 1. The van der Waals surface area contributed by atoms with E-state index in [1.54, 1.807) is 18.5 Å². The molecular weight excluding hydrogens is 548 g/mol. The topological polar surface area (TPSA) is 83.1 Å². The summed E-state index contributed by atoms with van der Waals surface area (Å²) >= 11 is 6.53. The zero-order valence-corrected chi connectivity index (χ0v) is 23.7. The summed E-state index contributed by atoms with van der Waals surface area (Å²) in [5.74, 6) is 1.32. The number of fused-ring (bicyclic) bond motifs is 5. The molecule has 0 spiro atoms. The number of alkyl halides is 1. The van der Waals surface area contributed by atoms with Gasteiger partial charge in [-0.15, -0.1) is 0 Å². The van der Waals surface area contributed by atoms with E-state index in [1.807, 2.05) is 6.92 Å². The maximum absolute atomic E-state index is 16.6. The number of anilines is 1. The predicted molar refractivity (Wildman–Crippen MR) is 154 cm³/mol. The number of aromatic amines is 1. The van der Waals surface area contributed by atoms with Gasteiger partial charge in [0.2, 0.25) is 0 Å². The Kier molecular flexibility index (Phi) is 5.90. The number of pyridine rings is 1. The summed E-state index contributed by atoms with van der Waals surface area (Å²) < 4.78 is 37.3. The molecule has 41 heavy (non-hydrogen) atoms. The molecule has 2 bridgehead atoms. The SMILES string of the molecule is Cc1c(Cl)cc2[nH]ncc2c1-c1ncc2c(N3CC4CCC(C4)C3)nc(OC[C@@]34CCCN3C[C@H](F)C4)nc2c1F.